The molecule has 8 heteroatoms. The maximum absolute atomic E-state index is 12.3. The highest BCUT2D eigenvalue weighted by Crippen LogP contribution is 2.29. The van der Waals surface area contributed by atoms with Gasteiger partial charge < -0.3 is 4.74 Å². The van der Waals surface area contributed by atoms with Crippen LogP contribution >= 0.6 is 23.1 Å². The molecule has 0 aromatic carbocycles. The number of fused-ring (bicyclic) bond motifs is 2. The van der Waals surface area contributed by atoms with Crippen molar-refractivity contribution in [1.29, 1.82) is 0 Å². The molecule has 0 N–H and O–H groups in total. The lowest BCUT2D eigenvalue weighted by atomic mass is 9.90. The van der Waals surface area contributed by atoms with E-state index in [1.54, 1.807) is 17.8 Å². The fourth-order valence-corrected chi connectivity index (χ4v) is 4.96. The molecule has 2 atom stereocenters. The third-order valence-electron chi connectivity index (χ3n) is 4.67. The van der Waals surface area contributed by atoms with Gasteiger partial charge in [-0.1, -0.05) is 35.9 Å². The summed E-state index contributed by atoms with van der Waals surface area (Å²) in [5, 5.41) is 4.27. The minimum atomic E-state index is -0.0880. The van der Waals surface area contributed by atoms with Gasteiger partial charge in [-0.25, -0.2) is 4.98 Å². The summed E-state index contributed by atoms with van der Waals surface area (Å²) >= 11 is 3.01. The molecule has 0 unspecified atom stereocenters. The quantitative estimate of drug-likeness (QED) is 0.788. The molecule has 1 aliphatic carbocycles. The first-order valence-electron chi connectivity index (χ1n) is 8.04. The molecule has 3 heterocycles. The third-order valence-corrected chi connectivity index (χ3v) is 6.55. The summed E-state index contributed by atoms with van der Waals surface area (Å²) in [4.78, 5) is 20.1. The van der Waals surface area contributed by atoms with Gasteiger partial charge in [0.1, 0.15) is 0 Å². The molecule has 1 saturated carbocycles. The second-order valence-corrected chi connectivity index (χ2v) is 8.09. The van der Waals surface area contributed by atoms with Crippen molar-refractivity contribution in [1.82, 2.24) is 19.5 Å². The summed E-state index contributed by atoms with van der Waals surface area (Å²) < 4.78 is 8.19. The number of aromatic nitrogens is 3. The molecule has 0 bridgehead atoms. The van der Waals surface area contributed by atoms with E-state index in [1.165, 1.54) is 35.1 Å². The lowest BCUT2D eigenvalue weighted by Crippen LogP contribution is -2.52. The Morgan fingerprint density at radius 1 is 1.43 bits per heavy atom. The Hall–Kier alpha value is -0.960. The van der Waals surface area contributed by atoms with Crippen molar-refractivity contribution in [3.05, 3.63) is 22.1 Å². The van der Waals surface area contributed by atoms with Crippen LogP contribution in [0.1, 0.15) is 31.4 Å². The van der Waals surface area contributed by atoms with Crippen LogP contribution in [0.4, 0.5) is 0 Å². The van der Waals surface area contributed by atoms with E-state index in [0.717, 1.165) is 36.2 Å². The van der Waals surface area contributed by atoms with Crippen LogP contribution in [0.5, 0.6) is 0 Å². The Labute approximate surface area is 142 Å². The van der Waals surface area contributed by atoms with Crippen LogP contribution in [-0.4, -0.2) is 51.1 Å². The van der Waals surface area contributed by atoms with E-state index in [-0.39, 0.29) is 5.56 Å². The number of ether oxygens (including phenoxy) is 1. The lowest BCUT2D eigenvalue weighted by molar-refractivity contribution is -0.0914. The number of hydrogen-bond donors (Lipinski definition) is 0. The summed E-state index contributed by atoms with van der Waals surface area (Å²) in [7, 11) is 0. The fraction of sp³-hybridized carbons (Fsp3) is 0.667. The maximum atomic E-state index is 12.3. The lowest BCUT2D eigenvalue weighted by Gasteiger charge is -2.43. The van der Waals surface area contributed by atoms with Gasteiger partial charge in [0.25, 0.3) is 5.56 Å². The van der Waals surface area contributed by atoms with Gasteiger partial charge in [0.05, 0.1) is 18.4 Å². The highest BCUT2D eigenvalue weighted by Gasteiger charge is 2.34. The first-order valence-corrected chi connectivity index (χ1v) is 10.1. The summed E-state index contributed by atoms with van der Waals surface area (Å²) in [6, 6.07) is 2.10. The topological polar surface area (TPSA) is 59.7 Å². The molecule has 0 spiro atoms. The smallest absolute Gasteiger partial charge is 0.275 e. The SMILES string of the molecule is CSc1nn2c(=O)cc(CN3CCO[C@@H]4CCCC[C@H]43)nc2s1. The first kappa shape index (κ1) is 15.6. The van der Waals surface area contributed by atoms with Crippen molar-refractivity contribution in [2.24, 2.45) is 0 Å². The van der Waals surface area contributed by atoms with Crippen LogP contribution in [0.2, 0.25) is 0 Å². The summed E-state index contributed by atoms with van der Waals surface area (Å²) in [6.07, 6.45) is 7.18. The van der Waals surface area contributed by atoms with Crippen LogP contribution in [0.25, 0.3) is 4.96 Å². The van der Waals surface area contributed by atoms with Gasteiger partial charge in [0, 0.05) is 25.2 Å². The van der Waals surface area contributed by atoms with Crippen LogP contribution in [0.15, 0.2) is 15.2 Å². The van der Waals surface area contributed by atoms with E-state index < -0.39 is 0 Å². The minimum absolute atomic E-state index is 0.0880. The zero-order valence-corrected chi connectivity index (χ0v) is 14.7. The second kappa shape index (κ2) is 6.51. The standard InChI is InChI=1S/C15H20N4O2S2/c1-22-15-17-19-13(20)8-10(16-14(19)23-15)9-18-6-7-21-12-5-3-2-4-11(12)18/h8,11-12H,2-7,9H2,1H3/t11-,12-/m1/s1. The fourth-order valence-electron chi connectivity index (χ4n) is 3.58. The van der Waals surface area contributed by atoms with Crippen LogP contribution in [-0.2, 0) is 11.3 Å². The van der Waals surface area contributed by atoms with Gasteiger partial charge in [0.15, 0.2) is 4.34 Å². The minimum Gasteiger partial charge on any atom is -0.375 e. The number of thioether (sulfide) groups is 1. The van der Waals surface area contributed by atoms with Gasteiger partial charge in [0.2, 0.25) is 4.96 Å². The molecule has 2 aromatic heterocycles. The Morgan fingerprint density at radius 3 is 3.17 bits per heavy atom. The van der Waals surface area contributed by atoms with Gasteiger partial charge >= 0.3 is 0 Å². The van der Waals surface area contributed by atoms with Crippen molar-refractivity contribution in [3.63, 3.8) is 0 Å². The molecular weight excluding hydrogens is 332 g/mol. The zero-order chi connectivity index (χ0) is 15.8. The Kier molecular flexibility index (Phi) is 4.40. The van der Waals surface area contributed by atoms with Gasteiger partial charge in [-0.2, -0.15) is 4.52 Å². The van der Waals surface area contributed by atoms with E-state index in [2.05, 4.69) is 15.0 Å². The Bertz CT molecular complexity index is 758. The highest BCUT2D eigenvalue weighted by molar-refractivity contribution is 8.00. The van der Waals surface area contributed by atoms with Crippen molar-refractivity contribution in [2.75, 3.05) is 19.4 Å². The molecule has 4 rings (SSSR count). The first-order chi connectivity index (χ1) is 11.2. The van der Waals surface area contributed by atoms with Crippen molar-refractivity contribution >= 4 is 28.1 Å². The molecule has 0 radical (unpaired) electrons. The number of nitrogens with zero attached hydrogens (tertiary/aromatic N) is 4. The highest BCUT2D eigenvalue weighted by atomic mass is 32.2. The number of rotatable bonds is 3. The Balaban J connectivity index is 1.60. The normalized spacial score (nSPS) is 25.6. The second-order valence-electron chi connectivity index (χ2n) is 6.08. The maximum Gasteiger partial charge on any atom is 0.275 e. The molecule has 0 amide bonds. The summed E-state index contributed by atoms with van der Waals surface area (Å²) in [5.41, 5.74) is 0.757. The van der Waals surface area contributed by atoms with E-state index >= 15 is 0 Å². The van der Waals surface area contributed by atoms with E-state index in [0.29, 0.717) is 17.1 Å². The number of hydrogen-bond acceptors (Lipinski definition) is 7. The van der Waals surface area contributed by atoms with Crippen molar-refractivity contribution < 1.29 is 4.74 Å². The average Bonchev–Trinajstić information content (AvgIpc) is 2.99. The monoisotopic (exact) mass is 352 g/mol. The zero-order valence-electron chi connectivity index (χ0n) is 13.1. The predicted octanol–water partition coefficient (Wildman–Crippen LogP) is 2.02. The number of morpholine rings is 1. The molecule has 2 aliphatic rings. The van der Waals surface area contributed by atoms with Gasteiger partial charge in [-0.3, -0.25) is 9.69 Å². The van der Waals surface area contributed by atoms with Crippen LogP contribution in [0.3, 0.4) is 0 Å². The van der Waals surface area contributed by atoms with Gasteiger partial charge in [-0.05, 0) is 19.1 Å². The molecule has 1 saturated heterocycles. The largest absolute Gasteiger partial charge is 0.375 e. The summed E-state index contributed by atoms with van der Waals surface area (Å²) in [5.74, 6) is 0. The third kappa shape index (κ3) is 3.05. The van der Waals surface area contributed by atoms with Crippen molar-refractivity contribution in [2.45, 2.75) is 48.7 Å². The summed E-state index contributed by atoms with van der Waals surface area (Å²) in [6.45, 7) is 2.42. The molecule has 124 valence electrons. The predicted molar refractivity (Wildman–Crippen MR) is 91.3 cm³/mol. The molecule has 6 nitrogen and oxygen atoms in total. The van der Waals surface area contributed by atoms with Gasteiger partial charge in [-0.15, -0.1) is 5.10 Å². The molecule has 23 heavy (non-hydrogen) atoms. The van der Waals surface area contributed by atoms with Crippen LogP contribution < -0.4 is 5.56 Å². The van der Waals surface area contributed by atoms with E-state index in [4.69, 9.17) is 4.74 Å². The van der Waals surface area contributed by atoms with E-state index in [1.807, 2.05) is 6.26 Å². The molecule has 1 aliphatic heterocycles. The van der Waals surface area contributed by atoms with Crippen molar-refractivity contribution in [3.8, 4) is 0 Å². The Morgan fingerprint density at radius 2 is 2.30 bits per heavy atom. The molecule has 2 fully saturated rings. The van der Waals surface area contributed by atoms with E-state index in [9.17, 15) is 4.79 Å². The average molecular weight is 352 g/mol. The molecular formula is C15H20N4O2S2. The van der Waals surface area contributed by atoms with Crippen LogP contribution in [0, 0.1) is 0 Å². The molecule has 2 aromatic rings.